The van der Waals surface area contributed by atoms with Gasteiger partial charge in [-0.05, 0) is 55.4 Å². The molecular weight excluding hydrogens is 428 g/mol. The third-order valence-corrected chi connectivity index (χ3v) is 7.58. The molecule has 1 spiro atoms. The first-order chi connectivity index (χ1) is 15.5. The SMILES string of the molecule is CCC1CCC2(CC1)NC(=O)N(CC(=O)Nc1nc(-c3ccc4c(c3)CCO4)cs1)C2=O. The number of carbonyl (C=O) groups excluding carboxylic acids is 3. The number of nitrogens with one attached hydrogen (secondary N) is 2. The van der Waals surface area contributed by atoms with Crippen LogP contribution in [0.1, 0.15) is 44.6 Å². The summed E-state index contributed by atoms with van der Waals surface area (Å²) in [6.07, 6.45) is 5.06. The average molecular weight is 455 g/mol. The Morgan fingerprint density at radius 3 is 2.94 bits per heavy atom. The number of ether oxygens (including phenoxy) is 1. The number of carbonyl (C=O) groups is 3. The number of rotatable bonds is 5. The van der Waals surface area contributed by atoms with E-state index in [1.54, 1.807) is 0 Å². The summed E-state index contributed by atoms with van der Waals surface area (Å²) in [5.41, 5.74) is 2.04. The van der Waals surface area contributed by atoms with Crippen LogP contribution in [-0.2, 0) is 16.0 Å². The van der Waals surface area contributed by atoms with Crippen molar-refractivity contribution in [2.45, 2.75) is 51.0 Å². The maximum Gasteiger partial charge on any atom is 0.325 e. The Kier molecular flexibility index (Phi) is 5.36. The Balaban J connectivity index is 1.22. The van der Waals surface area contributed by atoms with E-state index in [1.165, 1.54) is 11.3 Å². The molecule has 1 aromatic carbocycles. The zero-order valence-corrected chi connectivity index (χ0v) is 18.8. The number of thiazole rings is 1. The van der Waals surface area contributed by atoms with Crippen LogP contribution < -0.4 is 15.4 Å². The van der Waals surface area contributed by atoms with Crippen LogP contribution in [0.25, 0.3) is 11.3 Å². The lowest BCUT2D eigenvalue weighted by molar-refractivity contribution is -0.135. The molecule has 2 aliphatic heterocycles. The van der Waals surface area contributed by atoms with Gasteiger partial charge in [0.1, 0.15) is 17.8 Å². The van der Waals surface area contributed by atoms with Crippen molar-refractivity contribution in [3.05, 3.63) is 29.1 Å². The van der Waals surface area contributed by atoms with Crippen molar-refractivity contribution in [2.75, 3.05) is 18.5 Å². The molecule has 9 heteroatoms. The molecule has 3 aliphatic rings. The predicted octanol–water partition coefficient (Wildman–Crippen LogP) is 3.57. The maximum absolute atomic E-state index is 13.0. The number of hydrogen-bond acceptors (Lipinski definition) is 6. The van der Waals surface area contributed by atoms with Crippen molar-refractivity contribution >= 4 is 34.3 Å². The normalized spacial score (nSPS) is 24.4. The van der Waals surface area contributed by atoms with Gasteiger partial charge in [0.2, 0.25) is 5.91 Å². The number of anilines is 1. The zero-order valence-electron chi connectivity index (χ0n) is 18.0. The molecule has 32 heavy (non-hydrogen) atoms. The second-order valence-corrected chi connectivity index (χ2v) is 9.62. The number of urea groups is 1. The third-order valence-electron chi connectivity index (χ3n) is 6.82. The van der Waals surface area contributed by atoms with Gasteiger partial charge in [0, 0.05) is 17.4 Å². The zero-order chi connectivity index (χ0) is 22.3. The number of nitrogens with zero attached hydrogens (tertiary/aromatic N) is 2. The van der Waals surface area contributed by atoms with Crippen LogP contribution in [0.3, 0.4) is 0 Å². The van der Waals surface area contributed by atoms with E-state index in [1.807, 2.05) is 17.5 Å². The van der Waals surface area contributed by atoms with Gasteiger partial charge in [0.15, 0.2) is 5.13 Å². The summed E-state index contributed by atoms with van der Waals surface area (Å²) in [4.78, 5) is 43.6. The lowest BCUT2D eigenvalue weighted by Crippen LogP contribution is -2.49. The van der Waals surface area contributed by atoms with Gasteiger partial charge >= 0.3 is 6.03 Å². The highest BCUT2D eigenvalue weighted by molar-refractivity contribution is 7.14. The monoisotopic (exact) mass is 454 g/mol. The average Bonchev–Trinajstić information content (AvgIpc) is 3.50. The second kappa shape index (κ2) is 8.20. The summed E-state index contributed by atoms with van der Waals surface area (Å²) in [5.74, 6) is 0.787. The van der Waals surface area contributed by atoms with Crippen LogP contribution in [0.5, 0.6) is 5.75 Å². The van der Waals surface area contributed by atoms with Gasteiger partial charge in [-0.25, -0.2) is 9.78 Å². The molecule has 0 unspecified atom stereocenters. The summed E-state index contributed by atoms with van der Waals surface area (Å²) in [7, 11) is 0. The number of fused-ring (bicyclic) bond motifs is 1. The molecule has 4 amide bonds. The van der Waals surface area contributed by atoms with E-state index in [0.29, 0.717) is 30.5 Å². The Morgan fingerprint density at radius 1 is 1.34 bits per heavy atom. The highest BCUT2D eigenvalue weighted by Crippen LogP contribution is 2.37. The van der Waals surface area contributed by atoms with Crippen LogP contribution in [0.4, 0.5) is 9.93 Å². The third kappa shape index (κ3) is 3.74. The number of amides is 4. The minimum atomic E-state index is -0.839. The standard InChI is InChI=1S/C23H26N4O4S/c1-2-14-5-8-23(9-6-14)20(29)27(22(30)26-23)12-19(28)25-21-24-17(13-32-21)15-3-4-18-16(11-15)7-10-31-18/h3-4,11,13-14H,2,5-10,12H2,1H3,(H,26,30)(H,24,25,28). The largest absolute Gasteiger partial charge is 0.493 e. The molecule has 2 aromatic rings. The first-order valence-corrected chi connectivity index (χ1v) is 12.0. The van der Waals surface area contributed by atoms with Gasteiger partial charge < -0.3 is 15.4 Å². The van der Waals surface area contributed by atoms with Gasteiger partial charge in [-0.3, -0.25) is 14.5 Å². The van der Waals surface area contributed by atoms with Crippen LogP contribution in [0, 0.1) is 5.92 Å². The quantitative estimate of drug-likeness (QED) is 0.673. The van der Waals surface area contributed by atoms with E-state index in [0.717, 1.165) is 53.2 Å². The molecule has 168 valence electrons. The van der Waals surface area contributed by atoms with E-state index in [9.17, 15) is 14.4 Å². The molecule has 0 radical (unpaired) electrons. The van der Waals surface area contributed by atoms with Gasteiger partial charge in [0.05, 0.1) is 12.3 Å². The Hall–Kier alpha value is -2.94. The van der Waals surface area contributed by atoms with Gasteiger partial charge in [-0.1, -0.05) is 13.3 Å². The number of aromatic nitrogens is 1. The maximum atomic E-state index is 13.0. The second-order valence-electron chi connectivity index (χ2n) is 8.76. The molecule has 1 saturated heterocycles. The van der Waals surface area contributed by atoms with Crippen LogP contribution in [-0.4, -0.2) is 46.4 Å². The smallest absolute Gasteiger partial charge is 0.325 e. The Bertz CT molecular complexity index is 1070. The Labute approximate surface area is 190 Å². The van der Waals surface area contributed by atoms with Gasteiger partial charge in [-0.15, -0.1) is 11.3 Å². The van der Waals surface area contributed by atoms with E-state index < -0.39 is 17.5 Å². The number of imide groups is 1. The molecule has 3 heterocycles. The molecule has 2 fully saturated rings. The highest BCUT2D eigenvalue weighted by Gasteiger charge is 2.52. The molecule has 1 aromatic heterocycles. The van der Waals surface area contributed by atoms with Crippen molar-refractivity contribution in [3.63, 3.8) is 0 Å². The van der Waals surface area contributed by atoms with Crippen molar-refractivity contribution in [3.8, 4) is 17.0 Å². The van der Waals surface area contributed by atoms with Crippen molar-refractivity contribution in [2.24, 2.45) is 5.92 Å². The molecule has 0 atom stereocenters. The fraction of sp³-hybridized carbons (Fsp3) is 0.478. The Morgan fingerprint density at radius 2 is 2.16 bits per heavy atom. The lowest BCUT2D eigenvalue weighted by atomic mass is 9.75. The first-order valence-electron chi connectivity index (χ1n) is 11.1. The van der Waals surface area contributed by atoms with E-state index in [-0.39, 0.29) is 12.5 Å². The van der Waals surface area contributed by atoms with Crippen LogP contribution >= 0.6 is 11.3 Å². The summed E-state index contributed by atoms with van der Waals surface area (Å²) >= 11 is 1.31. The van der Waals surface area contributed by atoms with E-state index in [2.05, 4.69) is 28.6 Å². The molecule has 2 N–H and O–H groups in total. The minimum Gasteiger partial charge on any atom is -0.493 e. The highest BCUT2D eigenvalue weighted by atomic mass is 32.1. The predicted molar refractivity (Wildman–Crippen MR) is 121 cm³/mol. The lowest BCUT2D eigenvalue weighted by Gasteiger charge is -2.34. The van der Waals surface area contributed by atoms with Crippen LogP contribution in [0.15, 0.2) is 23.6 Å². The molecule has 1 saturated carbocycles. The summed E-state index contributed by atoms with van der Waals surface area (Å²) in [6.45, 7) is 2.53. The molecule has 1 aliphatic carbocycles. The molecule has 5 rings (SSSR count). The summed E-state index contributed by atoms with van der Waals surface area (Å²) < 4.78 is 5.54. The van der Waals surface area contributed by atoms with E-state index >= 15 is 0 Å². The first kappa shape index (κ1) is 20.9. The number of hydrogen-bond donors (Lipinski definition) is 2. The topological polar surface area (TPSA) is 101 Å². The fourth-order valence-corrected chi connectivity index (χ4v) is 5.59. The van der Waals surface area contributed by atoms with Crippen molar-refractivity contribution in [1.29, 1.82) is 0 Å². The van der Waals surface area contributed by atoms with Crippen molar-refractivity contribution in [1.82, 2.24) is 15.2 Å². The molecule has 8 nitrogen and oxygen atoms in total. The fourth-order valence-electron chi connectivity index (χ4n) is 4.85. The van der Waals surface area contributed by atoms with Gasteiger partial charge in [0.25, 0.3) is 5.91 Å². The van der Waals surface area contributed by atoms with Gasteiger partial charge in [-0.2, -0.15) is 0 Å². The summed E-state index contributed by atoms with van der Waals surface area (Å²) in [6, 6.07) is 5.46. The van der Waals surface area contributed by atoms with E-state index in [4.69, 9.17) is 4.74 Å². The van der Waals surface area contributed by atoms with Crippen LogP contribution in [0.2, 0.25) is 0 Å². The summed E-state index contributed by atoms with van der Waals surface area (Å²) in [5, 5.41) is 7.91. The molecular formula is C23H26N4O4S. The molecule has 0 bridgehead atoms. The number of benzene rings is 1. The minimum absolute atomic E-state index is 0.285. The van der Waals surface area contributed by atoms with Crippen molar-refractivity contribution < 1.29 is 19.1 Å².